The average Bonchev–Trinajstić information content (AvgIpc) is 3.60. The number of carbonyl (C=O) groups excluding carboxylic acids is 2. The predicted octanol–water partition coefficient (Wildman–Crippen LogP) is 3.60. The second-order valence-corrected chi connectivity index (χ2v) is 8.90. The van der Waals surface area contributed by atoms with Gasteiger partial charge in [-0.2, -0.15) is 5.10 Å². The van der Waals surface area contributed by atoms with E-state index in [4.69, 9.17) is 5.73 Å². The number of nitrogens with zero attached hydrogens (tertiary/aromatic N) is 2. The number of benzene rings is 2. The molecular weight excluding hydrogens is 434 g/mol. The molecule has 2 aromatic carbocycles. The highest BCUT2D eigenvalue weighted by atomic mass is 32.1. The SMILES string of the molecule is NC(=O)[C@H]1CC(C(=O)NC[C@H](c2cccs2)c2c[nH]c3ccccc23)=NN1c1ccccc1. The Balaban J connectivity index is 1.38. The molecule has 2 atom stereocenters. The molecule has 1 aliphatic heterocycles. The fourth-order valence-corrected chi connectivity index (χ4v) is 5.07. The van der Waals surface area contributed by atoms with Crippen LogP contribution in [-0.4, -0.2) is 35.1 Å². The summed E-state index contributed by atoms with van der Waals surface area (Å²) in [6, 6.07) is 20.8. The van der Waals surface area contributed by atoms with Crippen molar-refractivity contribution in [3.63, 3.8) is 0 Å². The number of amides is 2. The van der Waals surface area contributed by atoms with Crippen molar-refractivity contribution in [3.05, 3.63) is 88.7 Å². The number of thiophene rings is 1. The van der Waals surface area contributed by atoms with Gasteiger partial charge in [0.2, 0.25) is 5.91 Å². The lowest BCUT2D eigenvalue weighted by Crippen LogP contribution is -2.40. The number of rotatable bonds is 7. The molecule has 0 aliphatic carbocycles. The van der Waals surface area contributed by atoms with Crippen LogP contribution in [-0.2, 0) is 9.59 Å². The van der Waals surface area contributed by atoms with Crippen LogP contribution in [0, 0.1) is 0 Å². The molecule has 3 heterocycles. The fraction of sp³-hybridized carbons (Fsp3) is 0.160. The molecule has 0 spiro atoms. The minimum Gasteiger partial charge on any atom is -0.368 e. The van der Waals surface area contributed by atoms with Crippen molar-refractivity contribution in [2.45, 2.75) is 18.4 Å². The number of nitrogens with two attached hydrogens (primary N) is 1. The van der Waals surface area contributed by atoms with Crippen molar-refractivity contribution >= 4 is 45.5 Å². The number of hydrazone groups is 1. The third-order valence-corrected chi connectivity index (χ3v) is 6.86. The standard InChI is InChI=1S/C25H23N5O2S/c26-24(31)22-13-21(29-30(22)16-7-2-1-3-8-16)25(32)28-15-19(23-11-6-12-33-23)18-14-27-20-10-5-4-9-17(18)20/h1-12,14,19,22,27H,13,15H2,(H2,26,31)(H,28,32)/t19-,22+/m0/s1. The minimum atomic E-state index is -0.685. The van der Waals surface area contributed by atoms with Gasteiger partial charge in [-0.25, -0.2) is 0 Å². The van der Waals surface area contributed by atoms with Crippen LogP contribution in [0.4, 0.5) is 5.69 Å². The van der Waals surface area contributed by atoms with Crippen LogP contribution in [0.25, 0.3) is 10.9 Å². The summed E-state index contributed by atoms with van der Waals surface area (Å²) in [6.45, 7) is 0.410. The molecule has 7 nitrogen and oxygen atoms in total. The molecule has 0 saturated heterocycles. The zero-order valence-corrected chi connectivity index (χ0v) is 18.6. The van der Waals surface area contributed by atoms with Gasteiger partial charge in [0.25, 0.3) is 5.91 Å². The number of hydrogen-bond acceptors (Lipinski definition) is 5. The number of aromatic amines is 1. The van der Waals surface area contributed by atoms with E-state index in [1.54, 1.807) is 11.3 Å². The number of primary amides is 1. The number of fused-ring (bicyclic) bond motifs is 1. The number of hydrogen-bond donors (Lipinski definition) is 3. The Bertz CT molecular complexity index is 1310. The van der Waals surface area contributed by atoms with Gasteiger partial charge in [-0.15, -0.1) is 11.3 Å². The summed E-state index contributed by atoms with van der Waals surface area (Å²) < 4.78 is 0. The lowest BCUT2D eigenvalue weighted by molar-refractivity contribution is -0.119. The highest BCUT2D eigenvalue weighted by molar-refractivity contribution is 7.10. The molecule has 2 amide bonds. The summed E-state index contributed by atoms with van der Waals surface area (Å²) in [6.07, 6.45) is 2.18. The van der Waals surface area contributed by atoms with Crippen LogP contribution in [0.1, 0.15) is 22.8 Å². The largest absolute Gasteiger partial charge is 0.368 e. The Morgan fingerprint density at radius 1 is 1.12 bits per heavy atom. The van der Waals surface area contributed by atoms with Crippen molar-refractivity contribution in [1.29, 1.82) is 0 Å². The van der Waals surface area contributed by atoms with E-state index in [1.165, 1.54) is 5.01 Å². The third kappa shape index (κ3) is 4.12. The Morgan fingerprint density at radius 3 is 2.67 bits per heavy atom. The van der Waals surface area contributed by atoms with Crippen molar-refractivity contribution in [1.82, 2.24) is 10.3 Å². The molecular formula is C25H23N5O2S. The van der Waals surface area contributed by atoms with Gasteiger partial charge in [-0.3, -0.25) is 14.6 Å². The first-order valence-electron chi connectivity index (χ1n) is 10.7. The number of aromatic nitrogens is 1. The Hall–Kier alpha value is -3.91. The van der Waals surface area contributed by atoms with E-state index in [0.717, 1.165) is 27.0 Å². The van der Waals surface area contributed by atoms with Gasteiger partial charge < -0.3 is 16.0 Å². The molecule has 5 rings (SSSR count). The molecule has 2 aromatic heterocycles. The molecule has 33 heavy (non-hydrogen) atoms. The van der Waals surface area contributed by atoms with Gasteiger partial charge in [0.1, 0.15) is 11.8 Å². The summed E-state index contributed by atoms with van der Waals surface area (Å²) in [7, 11) is 0. The first kappa shape index (κ1) is 21.0. The molecule has 1 aliphatic rings. The van der Waals surface area contributed by atoms with Gasteiger partial charge in [0.05, 0.1) is 5.69 Å². The Morgan fingerprint density at radius 2 is 1.91 bits per heavy atom. The van der Waals surface area contributed by atoms with Crippen molar-refractivity contribution in [3.8, 4) is 0 Å². The maximum Gasteiger partial charge on any atom is 0.267 e. The number of nitrogens with one attached hydrogen (secondary N) is 2. The predicted molar refractivity (Wildman–Crippen MR) is 131 cm³/mol. The minimum absolute atomic E-state index is 0.00994. The van der Waals surface area contributed by atoms with Gasteiger partial charge in [0, 0.05) is 40.9 Å². The molecule has 8 heteroatoms. The summed E-state index contributed by atoms with van der Waals surface area (Å²) in [5, 5.41) is 12.2. The quantitative estimate of drug-likeness (QED) is 0.395. The van der Waals surface area contributed by atoms with E-state index >= 15 is 0 Å². The molecule has 0 fully saturated rings. The summed E-state index contributed by atoms with van der Waals surface area (Å²) in [5.74, 6) is -0.814. The van der Waals surface area contributed by atoms with Gasteiger partial charge in [0.15, 0.2) is 0 Å². The van der Waals surface area contributed by atoms with Crippen LogP contribution < -0.4 is 16.1 Å². The third-order valence-electron chi connectivity index (χ3n) is 5.87. The molecule has 0 bridgehead atoms. The second kappa shape index (κ2) is 8.91. The first-order chi connectivity index (χ1) is 16.1. The van der Waals surface area contributed by atoms with Crippen LogP contribution in [0.2, 0.25) is 0 Å². The van der Waals surface area contributed by atoms with E-state index in [9.17, 15) is 9.59 Å². The highest BCUT2D eigenvalue weighted by Crippen LogP contribution is 2.33. The molecule has 0 radical (unpaired) electrons. The van der Waals surface area contributed by atoms with Gasteiger partial charge >= 0.3 is 0 Å². The average molecular weight is 458 g/mol. The highest BCUT2D eigenvalue weighted by Gasteiger charge is 2.35. The first-order valence-corrected chi connectivity index (χ1v) is 11.6. The summed E-state index contributed by atoms with van der Waals surface area (Å²) in [5.41, 5.74) is 8.81. The zero-order valence-electron chi connectivity index (χ0n) is 17.8. The van der Waals surface area contributed by atoms with Crippen LogP contribution in [0.15, 0.2) is 83.4 Å². The van der Waals surface area contributed by atoms with E-state index < -0.39 is 11.9 Å². The van der Waals surface area contributed by atoms with E-state index in [-0.39, 0.29) is 18.2 Å². The lowest BCUT2D eigenvalue weighted by Gasteiger charge is -2.20. The van der Waals surface area contributed by atoms with Crippen molar-refractivity contribution in [2.75, 3.05) is 11.6 Å². The Kier molecular flexibility index (Phi) is 5.66. The zero-order chi connectivity index (χ0) is 22.8. The van der Waals surface area contributed by atoms with Gasteiger partial charge in [-0.05, 0) is 35.2 Å². The summed E-state index contributed by atoms with van der Waals surface area (Å²) in [4.78, 5) is 29.6. The second-order valence-electron chi connectivity index (χ2n) is 7.92. The monoisotopic (exact) mass is 457 g/mol. The maximum absolute atomic E-state index is 13.1. The summed E-state index contributed by atoms with van der Waals surface area (Å²) >= 11 is 1.66. The normalized spacial score (nSPS) is 16.5. The Labute approximate surface area is 194 Å². The smallest absolute Gasteiger partial charge is 0.267 e. The fourth-order valence-electron chi connectivity index (χ4n) is 4.22. The molecule has 166 valence electrons. The number of carbonyl (C=O) groups is 2. The topological polar surface area (TPSA) is 104 Å². The molecule has 4 aromatic rings. The van der Waals surface area contributed by atoms with E-state index in [2.05, 4.69) is 27.5 Å². The van der Waals surface area contributed by atoms with Crippen LogP contribution in [0.5, 0.6) is 0 Å². The van der Waals surface area contributed by atoms with Crippen molar-refractivity contribution in [2.24, 2.45) is 10.8 Å². The van der Waals surface area contributed by atoms with Crippen molar-refractivity contribution < 1.29 is 9.59 Å². The van der Waals surface area contributed by atoms with Gasteiger partial charge in [-0.1, -0.05) is 42.5 Å². The molecule has 0 unspecified atom stereocenters. The molecule has 4 N–H and O–H groups in total. The molecule has 0 saturated carbocycles. The number of H-pyrrole nitrogens is 1. The van der Waals surface area contributed by atoms with Crippen LogP contribution in [0.3, 0.4) is 0 Å². The number of anilines is 1. The lowest BCUT2D eigenvalue weighted by atomic mass is 9.96. The van der Waals surface area contributed by atoms with E-state index in [1.807, 2.05) is 66.2 Å². The number of para-hydroxylation sites is 2. The maximum atomic E-state index is 13.1. The van der Waals surface area contributed by atoms with Crippen LogP contribution >= 0.6 is 11.3 Å². The van der Waals surface area contributed by atoms with E-state index in [0.29, 0.717) is 12.3 Å².